The Kier molecular flexibility index (Phi) is 4.78. The summed E-state index contributed by atoms with van der Waals surface area (Å²) in [6.07, 6.45) is 0.738. The molecule has 18 heavy (non-hydrogen) atoms. The molecule has 0 aromatic heterocycles. The molecule has 1 fully saturated rings. The van der Waals surface area contributed by atoms with Crippen LogP contribution in [0.1, 0.15) is 34.1 Å². The molecule has 1 saturated heterocycles. The highest BCUT2D eigenvalue weighted by molar-refractivity contribution is 7.99. The molecule has 0 spiro atoms. The number of hydrogen-bond acceptors (Lipinski definition) is 4. The fourth-order valence-corrected chi connectivity index (χ4v) is 2.53. The number of hydrogen-bond donors (Lipinski definition) is 1. The summed E-state index contributed by atoms with van der Waals surface area (Å²) in [5, 5.41) is 2.24. The normalized spacial score (nSPS) is 20.9. The number of nitrogens with zero attached hydrogens (tertiary/aromatic N) is 1. The molecule has 0 bridgehead atoms. The van der Waals surface area contributed by atoms with Crippen LogP contribution in [0.25, 0.3) is 0 Å². The smallest absolute Gasteiger partial charge is 0.277 e. The Morgan fingerprint density at radius 1 is 1.33 bits per heavy atom. The van der Waals surface area contributed by atoms with Crippen LogP contribution in [0.2, 0.25) is 0 Å². The van der Waals surface area contributed by atoms with Gasteiger partial charge in [-0.1, -0.05) is 6.92 Å². The molecule has 0 aromatic rings. The van der Waals surface area contributed by atoms with Gasteiger partial charge in [0.1, 0.15) is 5.41 Å². The van der Waals surface area contributed by atoms with Crippen LogP contribution in [0.5, 0.6) is 0 Å². The largest absolute Gasteiger partial charge is 0.331 e. The topological polar surface area (TPSA) is 66.5 Å². The number of imide groups is 2. The number of amides is 4. The first-order valence-electron chi connectivity index (χ1n) is 6.09. The van der Waals surface area contributed by atoms with Crippen molar-refractivity contribution in [2.45, 2.75) is 40.2 Å². The molecule has 0 aromatic carbocycles. The van der Waals surface area contributed by atoms with Gasteiger partial charge in [0.2, 0.25) is 11.8 Å². The van der Waals surface area contributed by atoms with E-state index >= 15 is 0 Å². The second-order valence-electron chi connectivity index (χ2n) is 4.89. The molecule has 1 N–H and O–H groups in total. The molecule has 1 rings (SSSR count). The third kappa shape index (κ3) is 2.85. The van der Waals surface area contributed by atoms with Crippen LogP contribution in [-0.2, 0) is 9.59 Å². The van der Waals surface area contributed by atoms with Crippen molar-refractivity contribution in [2.75, 3.05) is 11.5 Å². The van der Waals surface area contributed by atoms with Crippen LogP contribution in [0.4, 0.5) is 4.79 Å². The van der Waals surface area contributed by atoms with E-state index in [1.54, 1.807) is 11.8 Å². The lowest BCUT2D eigenvalue weighted by Gasteiger charge is -2.37. The van der Waals surface area contributed by atoms with Gasteiger partial charge in [-0.3, -0.25) is 19.8 Å². The van der Waals surface area contributed by atoms with Crippen molar-refractivity contribution in [1.82, 2.24) is 10.2 Å². The summed E-state index contributed by atoms with van der Waals surface area (Å²) in [4.78, 5) is 36.7. The van der Waals surface area contributed by atoms with Gasteiger partial charge in [-0.25, -0.2) is 4.79 Å². The fraction of sp³-hybridized carbons (Fsp3) is 0.750. The summed E-state index contributed by atoms with van der Waals surface area (Å²) in [6.45, 7) is 6.98. The molecule has 5 nitrogen and oxygen atoms in total. The summed E-state index contributed by atoms with van der Waals surface area (Å²) in [5.41, 5.74) is -1.17. The van der Waals surface area contributed by atoms with E-state index in [4.69, 9.17) is 0 Å². The Hall–Kier alpha value is -1.04. The molecule has 0 aliphatic carbocycles. The maximum Gasteiger partial charge on any atom is 0.331 e. The summed E-state index contributed by atoms with van der Waals surface area (Å²) in [5.74, 6) is 0.967. The molecule has 1 heterocycles. The SMILES string of the molecule is CCSCCC(C)N1C(=O)NC(=O)C(C)(C)C1=O. The third-order valence-corrected chi connectivity index (χ3v) is 4.02. The van der Waals surface area contributed by atoms with Gasteiger partial charge < -0.3 is 0 Å². The second kappa shape index (κ2) is 5.73. The molecule has 1 aliphatic rings. The molecule has 102 valence electrons. The number of carbonyl (C=O) groups is 3. The van der Waals surface area contributed by atoms with E-state index in [9.17, 15) is 14.4 Å². The number of thioether (sulfide) groups is 1. The molecule has 0 saturated carbocycles. The highest BCUT2D eigenvalue weighted by Crippen LogP contribution is 2.26. The first-order chi connectivity index (χ1) is 8.32. The standard InChI is InChI=1S/C12H20N2O3S/c1-5-18-7-6-8(2)14-10(16)12(3,4)9(15)13-11(14)17/h8H,5-7H2,1-4H3,(H,13,15,17). The lowest BCUT2D eigenvalue weighted by molar-refractivity contribution is -0.150. The summed E-state index contributed by atoms with van der Waals surface area (Å²) < 4.78 is 0. The molecule has 6 heteroatoms. The van der Waals surface area contributed by atoms with Gasteiger partial charge in [-0.05, 0) is 38.7 Å². The average molecular weight is 272 g/mol. The van der Waals surface area contributed by atoms with Gasteiger partial charge in [0.25, 0.3) is 0 Å². The Morgan fingerprint density at radius 3 is 2.50 bits per heavy atom. The summed E-state index contributed by atoms with van der Waals surface area (Å²) >= 11 is 1.77. The van der Waals surface area contributed by atoms with Crippen LogP contribution < -0.4 is 5.32 Å². The van der Waals surface area contributed by atoms with Crippen LogP contribution in [-0.4, -0.2) is 40.3 Å². The molecule has 1 aliphatic heterocycles. The quantitative estimate of drug-likeness (QED) is 0.610. The second-order valence-corrected chi connectivity index (χ2v) is 6.29. The molecule has 0 radical (unpaired) electrons. The van der Waals surface area contributed by atoms with Crippen molar-refractivity contribution in [3.63, 3.8) is 0 Å². The van der Waals surface area contributed by atoms with Crippen LogP contribution in [0.3, 0.4) is 0 Å². The van der Waals surface area contributed by atoms with Crippen molar-refractivity contribution in [3.05, 3.63) is 0 Å². The van der Waals surface area contributed by atoms with Gasteiger partial charge >= 0.3 is 6.03 Å². The highest BCUT2D eigenvalue weighted by atomic mass is 32.2. The van der Waals surface area contributed by atoms with Crippen molar-refractivity contribution >= 4 is 29.6 Å². The molecule has 1 atom stereocenters. The lowest BCUT2D eigenvalue weighted by atomic mass is 9.88. The Morgan fingerprint density at radius 2 is 1.94 bits per heavy atom. The minimum absolute atomic E-state index is 0.191. The third-order valence-electron chi connectivity index (χ3n) is 3.09. The van der Waals surface area contributed by atoms with Gasteiger partial charge in [0.15, 0.2) is 0 Å². The van der Waals surface area contributed by atoms with Crippen molar-refractivity contribution < 1.29 is 14.4 Å². The number of rotatable bonds is 5. The first-order valence-corrected chi connectivity index (χ1v) is 7.24. The predicted octanol–water partition coefficient (Wildman–Crippen LogP) is 1.62. The van der Waals surface area contributed by atoms with Crippen molar-refractivity contribution in [3.8, 4) is 0 Å². The molecule has 1 unspecified atom stereocenters. The zero-order valence-corrected chi connectivity index (χ0v) is 12.1. The van der Waals surface area contributed by atoms with Crippen LogP contribution in [0.15, 0.2) is 0 Å². The monoisotopic (exact) mass is 272 g/mol. The highest BCUT2D eigenvalue weighted by Gasteiger charge is 2.48. The lowest BCUT2D eigenvalue weighted by Crippen LogP contribution is -2.64. The van der Waals surface area contributed by atoms with Gasteiger partial charge in [0.05, 0.1) is 0 Å². The average Bonchev–Trinajstić information content (AvgIpc) is 2.27. The zero-order chi connectivity index (χ0) is 13.9. The molecule has 4 amide bonds. The van der Waals surface area contributed by atoms with E-state index < -0.39 is 23.3 Å². The van der Waals surface area contributed by atoms with Crippen molar-refractivity contribution in [2.24, 2.45) is 5.41 Å². The summed E-state index contributed by atoms with van der Waals surface area (Å²) in [6, 6.07) is -0.790. The Balaban J connectivity index is 2.77. The van der Waals surface area contributed by atoms with Gasteiger partial charge in [-0.15, -0.1) is 0 Å². The van der Waals surface area contributed by atoms with E-state index in [1.165, 1.54) is 18.7 Å². The number of barbiturate groups is 1. The minimum Gasteiger partial charge on any atom is -0.277 e. The van der Waals surface area contributed by atoms with Crippen molar-refractivity contribution in [1.29, 1.82) is 0 Å². The van der Waals surface area contributed by atoms with E-state index in [-0.39, 0.29) is 6.04 Å². The number of urea groups is 1. The predicted molar refractivity (Wildman–Crippen MR) is 71.2 cm³/mol. The minimum atomic E-state index is -1.17. The van der Waals surface area contributed by atoms with E-state index in [2.05, 4.69) is 12.2 Å². The van der Waals surface area contributed by atoms with Gasteiger partial charge in [-0.2, -0.15) is 11.8 Å². The number of nitrogens with one attached hydrogen (secondary N) is 1. The maximum atomic E-state index is 12.2. The molecular weight excluding hydrogens is 252 g/mol. The van der Waals surface area contributed by atoms with Crippen LogP contribution in [0, 0.1) is 5.41 Å². The summed E-state index contributed by atoms with van der Waals surface area (Å²) in [7, 11) is 0. The van der Waals surface area contributed by atoms with Crippen LogP contribution >= 0.6 is 11.8 Å². The fourth-order valence-electron chi connectivity index (χ4n) is 1.73. The molecular formula is C12H20N2O3S. The van der Waals surface area contributed by atoms with E-state index in [0.29, 0.717) is 0 Å². The Bertz CT molecular complexity index is 368. The zero-order valence-electron chi connectivity index (χ0n) is 11.3. The van der Waals surface area contributed by atoms with E-state index in [1.807, 2.05) is 6.92 Å². The Labute approximate surface area is 112 Å². The first kappa shape index (κ1) is 15.0. The van der Waals surface area contributed by atoms with Gasteiger partial charge in [0, 0.05) is 6.04 Å². The number of carbonyl (C=O) groups excluding carboxylic acids is 3. The van der Waals surface area contributed by atoms with E-state index in [0.717, 1.165) is 17.9 Å². The maximum absolute atomic E-state index is 12.2.